The summed E-state index contributed by atoms with van der Waals surface area (Å²) in [7, 11) is -2.41. The van der Waals surface area contributed by atoms with E-state index in [9.17, 15) is 22.4 Å². The summed E-state index contributed by atoms with van der Waals surface area (Å²) in [6, 6.07) is 8.12. The van der Waals surface area contributed by atoms with Gasteiger partial charge in [0.25, 0.3) is 5.56 Å². The number of nitrogens with zero attached hydrogens (tertiary/aromatic N) is 3. The Morgan fingerprint density at radius 1 is 1.07 bits per heavy atom. The van der Waals surface area contributed by atoms with Crippen LogP contribution in [0.4, 0.5) is 10.1 Å². The molecule has 1 aliphatic rings. The quantitative estimate of drug-likeness (QED) is 0.742. The van der Waals surface area contributed by atoms with Gasteiger partial charge in [-0.3, -0.25) is 9.59 Å². The van der Waals surface area contributed by atoms with E-state index in [1.165, 1.54) is 58.8 Å². The van der Waals surface area contributed by atoms with Crippen molar-refractivity contribution in [3.63, 3.8) is 0 Å². The minimum Gasteiger partial charge on any atom is -0.314 e. The summed E-state index contributed by atoms with van der Waals surface area (Å²) in [6.45, 7) is 0.460. The van der Waals surface area contributed by atoms with Crippen LogP contribution in [-0.4, -0.2) is 43.3 Å². The minimum absolute atomic E-state index is 0.320. The fourth-order valence-corrected chi connectivity index (χ4v) is 4.92. The van der Waals surface area contributed by atoms with Crippen molar-refractivity contribution in [2.75, 3.05) is 25.0 Å². The molecule has 1 aliphatic heterocycles. The van der Waals surface area contributed by atoms with Gasteiger partial charge in [0.2, 0.25) is 15.9 Å². The zero-order valence-corrected chi connectivity index (χ0v) is 17.1. The van der Waals surface area contributed by atoms with E-state index in [2.05, 4.69) is 0 Å². The Balaban J connectivity index is 1.83. The van der Waals surface area contributed by atoms with Crippen LogP contribution in [0.5, 0.6) is 0 Å². The molecule has 0 unspecified atom stereocenters. The molecule has 29 heavy (non-hydrogen) atoms. The van der Waals surface area contributed by atoms with E-state index in [1.807, 2.05) is 0 Å². The molecule has 0 aliphatic carbocycles. The fourth-order valence-electron chi connectivity index (χ4n) is 3.32. The highest BCUT2D eigenvalue weighted by atomic mass is 32.2. The lowest BCUT2D eigenvalue weighted by molar-refractivity contribution is -0.118. The number of aromatic nitrogens is 1. The number of pyridine rings is 1. The molecule has 0 radical (unpaired) electrons. The van der Waals surface area contributed by atoms with E-state index >= 15 is 0 Å². The average molecular weight is 421 g/mol. The molecule has 1 fully saturated rings. The Bertz CT molecular complexity index is 1030. The number of benzene rings is 1. The summed E-state index contributed by atoms with van der Waals surface area (Å²) >= 11 is 0. The molecular formula is C20H24FN3O4S. The molecular weight excluding hydrogens is 397 g/mol. The van der Waals surface area contributed by atoms with Gasteiger partial charge in [0, 0.05) is 32.0 Å². The number of hydrogen-bond donors (Lipinski definition) is 0. The van der Waals surface area contributed by atoms with Crippen LogP contribution in [0.15, 0.2) is 52.3 Å². The molecule has 3 rings (SSSR count). The number of carbonyl (C=O) groups is 1. The summed E-state index contributed by atoms with van der Waals surface area (Å²) in [5.74, 6) is -0.847. The number of sulfonamides is 1. The van der Waals surface area contributed by atoms with E-state index in [0.717, 1.165) is 30.3 Å². The SMILES string of the molecule is CN(C(=O)Cn1cccc(S(=O)(=O)N2CCCCCC2)c1=O)c1ccc(F)cc1. The Kier molecular flexibility index (Phi) is 6.49. The van der Waals surface area contributed by atoms with Crippen molar-refractivity contribution < 1.29 is 17.6 Å². The summed E-state index contributed by atoms with van der Waals surface area (Å²) in [5.41, 5.74) is -0.254. The van der Waals surface area contributed by atoms with Crippen LogP contribution in [0.25, 0.3) is 0 Å². The van der Waals surface area contributed by atoms with Gasteiger partial charge in [-0.15, -0.1) is 0 Å². The minimum atomic E-state index is -3.92. The van der Waals surface area contributed by atoms with Gasteiger partial charge in [0.05, 0.1) is 0 Å². The third-order valence-corrected chi connectivity index (χ3v) is 6.97. The molecule has 2 heterocycles. The van der Waals surface area contributed by atoms with Gasteiger partial charge in [-0.05, 0) is 49.2 Å². The van der Waals surface area contributed by atoms with Gasteiger partial charge in [0.15, 0.2) is 0 Å². The van der Waals surface area contributed by atoms with Crippen LogP contribution >= 0.6 is 0 Å². The van der Waals surface area contributed by atoms with Crippen LogP contribution in [0.2, 0.25) is 0 Å². The first-order valence-electron chi connectivity index (χ1n) is 9.52. The zero-order chi connectivity index (χ0) is 21.0. The lowest BCUT2D eigenvalue weighted by Crippen LogP contribution is -2.39. The van der Waals surface area contributed by atoms with Crippen molar-refractivity contribution in [1.82, 2.24) is 8.87 Å². The molecule has 156 valence electrons. The van der Waals surface area contributed by atoms with Crippen molar-refractivity contribution in [1.29, 1.82) is 0 Å². The Morgan fingerprint density at radius 2 is 1.69 bits per heavy atom. The molecule has 1 amide bonds. The lowest BCUT2D eigenvalue weighted by Gasteiger charge is -2.21. The van der Waals surface area contributed by atoms with Gasteiger partial charge in [-0.2, -0.15) is 4.31 Å². The van der Waals surface area contributed by atoms with Crippen LogP contribution in [0.1, 0.15) is 25.7 Å². The first kappa shape index (κ1) is 21.2. The number of rotatable bonds is 5. The Hall–Kier alpha value is -2.52. The highest BCUT2D eigenvalue weighted by Gasteiger charge is 2.28. The second kappa shape index (κ2) is 8.87. The molecule has 1 aromatic carbocycles. The largest absolute Gasteiger partial charge is 0.314 e. The van der Waals surface area contributed by atoms with Gasteiger partial charge < -0.3 is 9.47 Å². The number of hydrogen-bond acceptors (Lipinski definition) is 4. The van der Waals surface area contributed by atoms with Crippen LogP contribution in [0.3, 0.4) is 0 Å². The van der Waals surface area contributed by atoms with E-state index in [0.29, 0.717) is 18.8 Å². The van der Waals surface area contributed by atoms with E-state index < -0.39 is 27.3 Å². The number of halogens is 1. The maximum atomic E-state index is 13.1. The molecule has 1 aromatic heterocycles. The summed E-state index contributed by atoms with van der Waals surface area (Å²) in [4.78, 5) is 26.4. The highest BCUT2D eigenvalue weighted by molar-refractivity contribution is 7.89. The monoisotopic (exact) mass is 421 g/mol. The number of amides is 1. The summed E-state index contributed by atoms with van der Waals surface area (Å²) < 4.78 is 41.5. The van der Waals surface area contributed by atoms with Gasteiger partial charge in [0.1, 0.15) is 17.3 Å². The van der Waals surface area contributed by atoms with Crippen molar-refractivity contribution in [3.8, 4) is 0 Å². The first-order chi connectivity index (χ1) is 13.8. The maximum Gasteiger partial charge on any atom is 0.271 e. The molecule has 0 saturated carbocycles. The molecule has 0 bridgehead atoms. The third-order valence-electron chi connectivity index (χ3n) is 5.06. The predicted octanol–water partition coefficient (Wildman–Crippen LogP) is 2.22. The normalized spacial score (nSPS) is 15.7. The second-order valence-electron chi connectivity index (χ2n) is 7.05. The van der Waals surface area contributed by atoms with Gasteiger partial charge >= 0.3 is 0 Å². The van der Waals surface area contributed by atoms with E-state index in [1.54, 1.807) is 0 Å². The van der Waals surface area contributed by atoms with Crippen molar-refractivity contribution in [3.05, 3.63) is 58.8 Å². The molecule has 0 spiro atoms. The fraction of sp³-hybridized carbons (Fsp3) is 0.400. The smallest absolute Gasteiger partial charge is 0.271 e. The highest BCUT2D eigenvalue weighted by Crippen LogP contribution is 2.18. The molecule has 0 N–H and O–H groups in total. The summed E-state index contributed by atoms with van der Waals surface area (Å²) in [5, 5.41) is 0. The molecule has 9 heteroatoms. The Labute approximate surface area is 169 Å². The second-order valence-corrected chi connectivity index (χ2v) is 8.96. The maximum absolute atomic E-state index is 13.1. The molecule has 1 saturated heterocycles. The molecule has 7 nitrogen and oxygen atoms in total. The third kappa shape index (κ3) is 4.73. The van der Waals surface area contributed by atoms with Crippen LogP contribution in [0, 0.1) is 5.82 Å². The average Bonchev–Trinajstić information content (AvgIpc) is 2.99. The molecule has 0 atom stereocenters. The lowest BCUT2D eigenvalue weighted by atomic mass is 10.2. The topological polar surface area (TPSA) is 79.7 Å². The number of likely N-dealkylation sites (N-methyl/N-ethyl adjacent to an activating group) is 1. The number of carbonyl (C=O) groups excluding carboxylic acids is 1. The van der Waals surface area contributed by atoms with Crippen LogP contribution in [-0.2, 0) is 21.4 Å². The van der Waals surface area contributed by atoms with Crippen molar-refractivity contribution in [2.45, 2.75) is 37.1 Å². The predicted molar refractivity (Wildman–Crippen MR) is 108 cm³/mol. The summed E-state index contributed by atoms with van der Waals surface area (Å²) in [6.07, 6.45) is 4.85. The van der Waals surface area contributed by atoms with Crippen LogP contribution < -0.4 is 10.5 Å². The van der Waals surface area contributed by atoms with Crippen molar-refractivity contribution >= 4 is 21.6 Å². The van der Waals surface area contributed by atoms with Gasteiger partial charge in [-0.25, -0.2) is 12.8 Å². The number of anilines is 1. The van der Waals surface area contributed by atoms with E-state index in [4.69, 9.17) is 0 Å². The van der Waals surface area contributed by atoms with E-state index in [-0.39, 0.29) is 11.4 Å². The van der Waals surface area contributed by atoms with Crippen molar-refractivity contribution in [2.24, 2.45) is 0 Å². The Morgan fingerprint density at radius 3 is 2.31 bits per heavy atom. The first-order valence-corrected chi connectivity index (χ1v) is 11.0. The zero-order valence-electron chi connectivity index (χ0n) is 16.3. The molecule has 2 aromatic rings. The van der Waals surface area contributed by atoms with Gasteiger partial charge in [-0.1, -0.05) is 12.8 Å². The standard InChI is InChI=1S/C20H24FN3O4S/c1-22(17-10-8-16(21)9-11-17)19(25)15-23-12-6-7-18(20(23)26)29(27,28)24-13-4-2-3-5-14-24/h6-12H,2-5,13-15H2,1H3.